The third-order valence-corrected chi connectivity index (χ3v) is 3.75. The van der Waals surface area contributed by atoms with E-state index in [0.717, 1.165) is 17.5 Å². The maximum Gasteiger partial charge on any atom is 0.251 e. The molecule has 2 rings (SSSR count). The molecule has 3 nitrogen and oxygen atoms in total. The maximum absolute atomic E-state index is 11.9. The van der Waals surface area contributed by atoms with E-state index in [0.29, 0.717) is 5.56 Å². The summed E-state index contributed by atoms with van der Waals surface area (Å²) in [5.41, 5.74) is 4.14. The Labute approximate surface area is 137 Å². The second-order valence-corrected chi connectivity index (χ2v) is 5.76. The molecule has 23 heavy (non-hydrogen) atoms. The second kappa shape index (κ2) is 8.28. The van der Waals surface area contributed by atoms with Gasteiger partial charge in [0.2, 0.25) is 0 Å². The molecule has 2 aromatic carbocycles. The number of hydrogen-bond donors (Lipinski definition) is 1. The maximum atomic E-state index is 11.9. The zero-order chi connectivity index (χ0) is 16.7. The predicted molar refractivity (Wildman–Crippen MR) is 93.5 cm³/mol. The van der Waals surface area contributed by atoms with Crippen molar-refractivity contribution < 1.29 is 9.59 Å². The van der Waals surface area contributed by atoms with Gasteiger partial charge in [0.25, 0.3) is 5.91 Å². The number of Topliss-reactive ketones (excluding diaryl/α,β-unsaturated/α-hetero) is 1. The molecule has 0 saturated heterocycles. The molecule has 0 fully saturated rings. The van der Waals surface area contributed by atoms with Crippen molar-refractivity contribution in [1.82, 2.24) is 5.32 Å². The molecule has 2 aromatic rings. The molecule has 3 heteroatoms. The number of benzene rings is 2. The first-order valence-electron chi connectivity index (χ1n) is 8.07. The van der Waals surface area contributed by atoms with Crippen LogP contribution >= 0.6 is 0 Å². The molecule has 0 atom stereocenters. The van der Waals surface area contributed by atoms with Crippen LogP contribution in [0.2, 0.25) is 0 Å². The molecule has 0 bridgehead atoms. The summed E-state index contributed by atoms with van der Waals surface area (Å²) in [5.74, 6) is -0.278. The Kier molecular flexibility index (Phi) is 6.10. The fourth-order valence-electron chi connectivity index (χ4n) is 2.37. The van der Waals surface area contributed by atoms with Crippen LogP contribution < -0.4 is 5.32 Å². The van der Waals surface area contributed by atoms with Crippen LogP contribution in [0.4, 0.5) is 0 Å². The van der Waals surface area contributed by atoms with Crippen molar-refractivity contribution >= 4 is 11.7 Å². The SMILES string of the molecule is CCCCc1ccc(-c2ccc(C(=O)NCC(C)=O)cc2)cc1. The lowest BCUT2D eigenvalue weighted by Gasteiger charge is -2.06. The first-order chi connectivity index (χ1) is 11.1. The van der Waals surface area contributed by atoms with Crippen molar-refractivity contribution in [3.8, 4) is 11.1 Å². The van der Waals surface area contributed by atoms with Crippen LogP contribution in [0, 0.1) is 0 Å². The van der Waals surface area contributed by atoms with Crippen molar-refractivity contribution in [3.63, 3.8) is 0 Å². The quantitative estimate of drug-likeness (QED) is 0.840. The van der Waals surface area contributed by atoms with E-state index in [-0.39, 0.29) is 18.2 Å². The van der Waals surface area contributed by atoms with Crippen molar-refractivity contribution in [2.45, 2.75) is 33.1 Å². The van der Waals surface area contributed by atoms with E-state index in [1.807, 2.05) is 12.1 Å². The smallest absolute Gasteiger partial charge is 0.251 e. The number of hydrogen-bond acceptors (Lipinski definition) is 2. The Bertz CT molecular complexity index is 657. The largest absolute Gasteiger partial charge is 0.345 e. The molecule has 0 aliphatic rings. The summed E-state index contributed by atoms with van der Waals surface area (Å²) in [7, 11) is 0. The summed E-state index contributed by atoms with van der Waals surface area (Å²) in [6.45, 7) is 3.72. The lowest BCUT2D eigenvalue weighted by Crippen LogP contribution is -2.28. The molecule has 0 spiro atoms. The van der Waals surface area contributed by atoms with E-state index >= 15 is 0 Å². The molecular formula is C20H23NO2. The van der Waals surface area contributed by atoms with E-state index in [1.165, 1.54) is 25.3 Å². The summed E-state index contributed by atoms with van der Waals surface area (Å²) in [6, 6.07) is 16.0. The van der Waals surface area contributed by atoms with Crippen molar-refractivity contribution in [2.24, 2.45) is 0 Å². The van der Waals surface area contributed by atoms with Crippen LogP contribution in [0.3, 0.4) is 0 Å². The van der Waals surface area contributed by atoms with Crippen molar-refractivity contribution in [2.75, 3.05) is 6.54 Å². The van der Waals surface area contributed by atoms with Gasteiger partial charge in [0.15, 0.2) is 0 Å². The van der Waals surface area contributed by atoms with Crippen LogP contribution in [0.1, 0.15) is 42.6 Å². The van der Waals surface area contributed by atoms with Gasteiger partial charge in [0, 0.05) is 5.56 Å². The summed E-state index contributed by atoms with van der Waals surface area (Å²) >= 11 is 0. The number of carbonyl (C=O) groups excluding carboxylic acids is 2. The standard InChI is InChI=1S/C20H23NO2/c1-3-4-5-16-6-8-17(9-7-16)18-10-12-19(13-11-18)20(23)21-14-15(2)22/h6-13H,3-5,14H2,1-2H3,(H,21,23). The Morgan fingerprint density at radius 1 is 0.913 bits per heavy atom. The number of carbonyl (C=O) groups is 2. The minimum Gasteiger partial charge on any atom is -0.345 e. The van der Waals surface area contributed by atoms with Gasteiger partial charge < -0.3 is 5.32 Å². The normalized spacial score (nSPS) is 10.3. The Balaban J connectivity index is 2.04. The number of aryl methyl sites for hydroxylation is 1. The van der Waals surface area contributed by atoms with Gasteiger partial charge in [-0.3, -0.25) is 9.59 Å². The van der Waals surface area contributed by atoms with Crippen LogP contribution in [-0.2, 0) is 11.2 Å². The number of amides is 1. The molecule has 0 saturated carbocycles. The minimum atomic E-state index is -0.221. The van der Waals surface area contributed by atoms with Crippen molar-refractivity contribution in [3.05, 3.63) is 59.7 Å². The van der Waals surface area contributed by atoms with Gasteiger partial charge in [0.1, 0.15) is 5.78 Å². The molecular weight excluding hydrogens is 286 g/mol. The Morgan fingerprint density at radius 3 is 2.00 bits per heavy atom. The van der Waals surface area contributed by atoms with E-state index in [2.05, 4.69) is 36.5 Å². The zero-order valence-corrected chi connectivity index (χ0v) is 13.8. The second-order valence-electron chi connectivity index (χ2n) is 5.76. The highest BCUT2D eigenvalue weighted by molar-refractivity contribution is 5.96. The third kappa shape index (κ3) is 5.06. The fraction of sp³-hybridized carbons (Fsp3) is 0.300. The zero-order valence-electron chi connectivity index (χ0n) is 13.8. The molecule has 0 unspecified atom stereocenters. The molecule has 0 aromatic heterocycles. The highest BCUT2D eigenvalue weighted by Crippen LogP contribution is 2.21. The number of rotatable bonds is 7. The van der Waals surface area contributed by atoms with Crippen LogP contribution in [0.25, 0.3) is 11.1 Å². The Hall–Kier alpha value is -2.42. The Morgan fingerprint density at radius 2 is 1.48 bits per heavy atom. The summed E-state index contributed by atoms with van der Waals surface area (Å²) in [5, 5.41) is 2.60. The van der Waals surface area contributed by atoms with Gasteiger partial charge in [-0.25, -0.2) is 0 Å². The van der Waals surface area contributed by atoms with Gasteiger partial charge in [-0.05, 0) is 48.6 Å². The molecule has 0 radical (unpaired) electrons. The van der Waals surface area contributed by atoms with E-state index in [1.54, 1.807) is 12.1 Å². The van der Waals surface area contributed by atoms with E-state index < -0.39 is 0 Å². The first kappa shape index (κ1) is 16.9. The lowest BCUT2D eigenvalue weighted by molar-refractivity contribution is -0.116. The number of nitrogens with one attached hydrogen (secondary N) is 1. The van der Waals surface area contributed by atoms with Crippen molar-refractivity contribution in [1.29, 1.82) is 0 Å². The number of ketones is 1. The predicted octanol–water partition coefficient (Wildman–Crippen LogP) is 4.02. The monoisotopic (exact) mass is 309 g/mol. The third-order valence-electron chi connectivity index (χ3n) is 3.75. The molecule has 1 amide bonds. The summed E-state index contributed by atoms with van der Waals surface area (Å²) < 4.78 is 0. The fourth-order valence-corrected chi connectivity index (χ4v) is 2.37. The van der Waals surface area contributed by atoms with Gasteiger partial charge >= 0.3 is 0 Å². The highest BCUT2D eigenvalue weighted by Gasteiger charge is 2.06. The number of unbranched alkanes of at least 4 members (excludes halogenated alkanes) is 1. The lowest BCUT2D eigenvalue weighted by atomic mass is 10.0. The van der Waals surface area contributed by atoms with Gasteiger partial charge in [-0.15, -0.1) is 0 Å². The van der Waals surface area contributed by atoms with Gasteiger partial charge in [-0.2, -0.15) is 0 Å². The van der Waals surface area contributed by atoms with Crippen LogP contribution in [0.5, 0.6) is 0 Å². The molecule has 0 aliphatic carbocycles. The van der Waals surface area contributed by atoms with Crippen LogP contribution in [0.15, 0.2) is 48.5 Å². The summed E-state index contributed by atoms with van der Waals surface area (Å²) in [4.78, 5) is 22.8. The van der Waals surface area contributed by atoms with Gasteiger partial charge in [-0.1, -0.05) is 49.7 Å². The van der Waals surface area contributed by atoms with Gasteiger partial charge in [0.05, 0.1) is 6.54 Å². The topological polar surface area (TPSA) is 46.2 Å². The molecule has 0 heterocycles. The van der Waals surface area contributed by atoms with E-state index in [9.17, 15) is 9.59 Å². The molecule has 1 N–H and O–H groups in total. The minimum absolute atomic E-state index is 0.0573. The molecule has 120 valence electrons. The first-order valence-corrected chi connectivity index (χ1v) is 8.07. The molecule has 0 aliphatic heterocycles. The van der Waals surface area contributed by atoms with E-state index in [4.69, 9.17) is 0 Å². The summed E-state index contributed by atoms with van der Waals surface area (Å²) in [6.07, 6.45) is 3.53. The average molecular weight is 309 g/mol. The average Bonchev–Trinajstić information content (AvgIpc) is 2.58. The highest BCUT2D eigenvalue weighted by atomic mass is 16.2. The van der Waals surface area contributed by atoms with Crippen LogP contribution in [-0.4, -0.2) is 18.2 Å².